The molecule has 1 fully saturated rings. The molecule has 14 heteroatoms. The maximum Gasteiger partial charge on any atom is 0.303 e. The first-order valence-electron chi connectivity index (χ1n) is 12.5. The summed E-state index contributed by atoms with van der Waals surface area (Å²) < 4.78 is 35.1. The van der Waals surface area contributed by atoms with Crippen molar-refractivity contribution in [3.05, 3.63) is 41.8 Å². The second-order valence-electron chi connectivity index (χ2n) is 9.25. The van der Waals surface area contributed by atoms with Crippen molar-refractivity contribution in [2.45, 2.75) is 58.4 Å². The Kier molecular flexibility index (Phi) is 9.08. The van der Waals surface area contributed by atoms with Gasteiger partial charge in [0.25, 0.3) is 0 Å². The van der Waals surface area contributed by atoms with Crippen LogP contribution in [0.1, 0.15) is 27.7 Å². The van der Waals surface area contributed by atoms with Crippen molar-refractivity contribution < 1.29 is 47.6 Å². The smallest absolute Gasteiger partial charge is 0.303 e. The molecule has 1 aliphatic heterocycles. The van der Waals surface area contributed by atoms with E-state index >= 15 is 0 Å². The minimum Gasteiger partial charge on any atom is -0.463 e. The zero-order valence-electron chi connectivity index (χ0n) is 22.9. The number of carbonyl (C=O) groups is 4. The molecule has 3 heterocycles. The van der Waals surface area contributed by atoms with Crippen LogP contribution < -0.4 is 4.74 Å². The van der Waals surface area contributed by atoms with Gasteiger partial charge in [0.2, 0.25) is 12.4 Å². The molecule has 5 atom stereocenters. The highest BCUT2D eigenvalue weighted by Crippen LogP contribution is 2.35. The number of halogens is 1. The van der Waals surface area contributed by atoms with Crippen LogP contribution in [0.25, 0.3) is 22.3 Å². The molecule has 0 bridgehead atoms. The number of hydrogen-bond acceptors (Lipinski definition) is 12. The molecular formula is C27H28ClN3O10. The fraction of sp³-hybridized carbons (Fsp3) is 0.407. The van der Waals surface area contributed by atoms with Crippen molar-refractivity contribution in [1.29, 1.82) is 0 Å². The Morgan fingerprint density at radius 2 is 1.54 bits per heavy atom. The number of hydrogen-bond donors (Lipinski definition) is 0. The van der Waals surface area contributed by atoms with E-state index in [1.165, 1.54) is 6.92 Å². The molecule has 2 aromatic heterocycles. The average molecular weight is 590 g/mol. The predicted octanol–water partition coefficient (Wildman–Crippen LogP) is 2.75. The third-order valence-electron chi connectivity index (χ3n) is 6.01. The number of carbonyl (C=O) groups excluding carboxylic acids is 4. The number of aryl methyl sites for hydroxylation is 1. The molecule has 0 N–H and O–H groups in total. The molecule has 13 nitrogen and oxygen atoms in total. The maximum absolute atomic E-state index is 12.0. The number of fused-ring (bicyclic) bond motifs is 1. The van der Waals surface area contributed by atoms with Crippen molar-refractivity contribution in [3.63, 3.8) is 0 Å². The van der Waals surface area contributed by atoms with Crippen molar-refractivity contribution in [2.75, 3.05) is 6.61 Å². The summed E-state index contributed by atoms with van der Waals surface area (Å²) in [5, 5.41) is 0.177. The van der Waals surface area contributed by atoms with Gasteiger partial charge < -0.3 is 33.0 Å². The van der Waals surface area contributed by atoms with E-state index < -0.39 is 54.6 Å². The van der Waals surface area contributed by atoms with Crippen LogP contribution in [-0.2, 0) is 49.9 Å². The molecule has 1 saturated heterocycles. The second-order valence-corrected chi connectivity index (χ2v) is 9.66. The van der Waals surface area contributed by atoms with E-state index in [1.807, 2.05) is 13.1 Å². The van der Waals surface area contributed by atoms with Gasteiger partial charge in [0.1, 0.15) is 24.0 Å². The van der Waals surface area contributed by atoms with E-state index in [0.29, 0.717) is 5.52 Å². The van der Waals surface area contributed by atoms with Crippen LogP contribution in [0.2, 0.25) is 5.02 Å². The first-order chi connectivity index (χ1) is 19.4. The van der Waals surface area contributed by atoms with Gasteiger partial charge in [-0.3, -0.25) is 19.2 Å². The molecule has 3 aromatic rings. The molecule has 0 saturated carbocycles. The predicted molar refractivity (Wildman–Crippen MR) is 142 cm³/mol. The van der Waals surface area contributed by atoms with Gasteiger partial charge in [0.05, 0.1) is 11.3 Å². The van der Waals surface area contributed by atoms with E-state index in [2.05, 4.69) is 9.97 Å². The van der Waals surface area contributed by atoms with Crippen molar-refractivity contribution in [2.24, 2.45) is 7.05 Å². The van der Waals surface area contributed by atoms with Gasteiger partial charge in [-0.25, -0.2) is 9.97 Å². The third-order valence-corrected chi connectivity index (χ3v) is 6.30. The molecule has 0 amide bonds. The Hall–Kier alpha value is -4.23. The number of nitrogens with zero attached hydrogens (tertiary/aromatic N) is 3. The second kappa shape index (κ2) is 12.5. The molecule has 41 heavy (non-hydrogen) atoms. The Bertz CT molecular complexity index is 1470. The topological polar surface area (TPSA) is 154 Å². The van der Waals surface area contributed by atoms with E-state index in [4.69, 9.17) is 40.0 Å². The van der Waals surface area contributed by atoms with Gasteiger partial charge in [-0.2, -0.15) is 0 Å². The lowest BCUT2D eigenvalue weighted by Gasteiger charge is -2.44. The highest BCUT2D eigenvalue weighted by Gasteiger charge is 2.53. The van der Waals surface area contributed by atoms with Crippen LogP contribution in [0.5, 0.6) is 5.75 Å². The van der Waals surface area contributed by atoms with Crippen LogP contribution in [0.4, 0.5) is 0 Å². The quantitative estimate of drug-likeness (QED) is 0.280. The Morgan fingerprint density at radius 3 is 2.17 bits per heavy atom. The van der Waals surface area contributed by atoms with E-state index in [9.17, 15) is 19.2 Å². The van der Waals surface area contributed by atoms with E-state index in [0.717, 1.165) is 37.5 Å². The fourth-order valence-electron chi connectivity index (χ4n) is 4.36. The van der Waals surface area contributed by atoms with Gasteiger partial charge in [0.15, 0.2) is 17.9 Å². The van der Waals surface area contributed by atoms with Gasteiger partial charge >= 0.3 is 23.9 Å². The fourth-order valence-corrected chi connectivity index (χ4v) is 4.58. The minimum atomic E-state index is -1.41. The van der Waals surface area contributed by atoms with Crippen LogP contribution in [0.3, 0.4) is 0 Å². The van der Waals surface area contributed by atoms with Crippen LogP contribution in [0, 0.1) is 0 Å². The van der Waals surface area contributed by atoms with E-state index in [-0.39, 0.29) is 17.4 Å². The lowest BCUT2D eigenvalue weighted by atomic mass is 9.98. The maximum atomic E-state index is 12.0. The number of ether oxygens (including phenoxy) is 6. The zero-order chi connectivity index (χ0) is 29.8. The summed E-state index contributed by atoms with van der Waals surface area (Å²) in [6, 6.07) is 6.83. The number of aromatic nitrogens is 3. The summed E-state index contributed by atoms with van der Waals surface area (Å²) in [4.78, 5) is 56.3. The average Bonchev–Trinajstić information content (AvgIpc) is 3.26. The Morgan fingerprint density at radius 1 is 0.878 bits per heavy atom. The highest BCUT2D eigenvalue weighted by molar-refractivity contribution is 6.32. The summed E-state index contributed by atoms with van der Waals surface area (Å²) in [6.45, 7) is 4.22. The first kappa shape index (κ1) is 29.7. The molecule has 2 unspecified atom stereocenters. The first-order valence-corrected chi connectivity index (χ1v) is 12.8. The van der Waals surface area contributed by atoms with Crippen molar-refractivity contribution >= 4 is 46.6 Å². The molecule has 0 aliphatic carbocycles. The molecular weight excluding hydrogens is 562 g/mol. The van der Waals surface area contributed by atoms with Gasteiger partial charge in [-0.05, 0) is 23.8 Å². The van der Waals surface area contributed by atoms with Gasteiger partial charge in [0, 0.05) is 46.5 Å². The molecule has 0 radical (unpaired) electrons. The molecule has 0 spiro atoms. The zero-order valence-corrected chi connectivity index (χ0v) is 23.6. The highest BCUT2D eigenvalue weighted by atomic mass is 35.5. The number of rotatable bonds is 8. The van der Waals surface area contributed by atoms with E-state index in [1.54, 1.807) is 35.3 Å². The summed E-state index contributed by atoms with van der Waals surface area (Å²) >= 11 is 6.58. The summed E-state index contributed by atoms with van der Waals surface area (Å²) in [5.74, 6) is -2.72. The normalized spacial score (nSPS) is 22.0. The molecule has 218 valence electrons. The SMILES string of the molecule is CC(=O)OCC1O[C@H](Oc2ccc(-c3cnc4c(c3)ncn4C)cc2Cl)[C@H](OC(C)=O)C(OC(C)=O)[C@@H]1OC(C)=O. The van der Waals surface area contributed by atoms with Crippen molar-refractivity contribution in [1.82, 2.24) is 14.5 Å². The summed E-state index contributed by atoms with van der Waals surface area (Å²) in [5.41, 5.74) is 2.92. The monoisotopic (exact) mass is 589 g/mol. The number of esters is 4. The Balaban J connectivity index is 1.66. The minimum absolute atomic E-state index is 0.142. The van der Waals surface area contributed by atoms with Crippen LogP contribution >= 0.6 is 11.6 Å². The van der Waals surface area contributed by atoms with Gasteiger partial charge in [-0.15, -0.1) is 0 Å². The van der Waals surface area contributed by atoms with Gasteiger partial charge in [-0.1, -0.05) is 17.7 Å². The molecule has 1 aliphatic rings. The summed E-state index contributed by atoms with van der Waals surface area (Å²) in [7, 11) is 1.85. The Labute approximate surface area is 239 Å². The lowest BCUT2D eigenvalue weighted by Crippen LogP contribution is -2.63. The molecule has 1 aromatic carbocycles. The van der Waals surface area contributed by atoms with Crippen LogP contribution in [-0.4, -0.2) is 75.7 Å². The standard InChI is InChI=1S/C27H28ClN3O10/c1-13(32)36-11-22-23(37-14(2)33)24(38-15(3)34)25(39-16(4)35)27(41-22)40-21-7-6-17(8-19(21)28)18-9-20-26(29-10-18)31(5)12-30-20/h6-10,12,22-25,27H,11H2,1-5H3/t22?,23-,24?,25-,27+/m1/s1. The lowest BCUT2D eigenvalue weighted by molar-refractivity contribution is -0.288. The third kappa shape index (κ3) is 7.11. The number of pyridine rings is 1. The number of benzene rings is 1. The number of imidazole rings is 1. The van der Waals surface area contributed by atoms with Crippen LogP contribution in [0.15, 0.2) is 36.8 Å². The van der Waals surface area contributed by atoms with Crippen molar-refractivity contribution in [3.8, 4) is 16.9 Å². The summed E-state index contributed by atoms with van der Waals surface area (Å²) in [6.07, 6.45) is -3.26. The molecule has 4 rings (SSSR count). The largest absolute Gasteiger partial charge is 0.463 e.